The number of methoxy groups -OCH3 is 1. The van der Waals surface area contributed by atoms with Gasteiger partial charge in [-0.15, -0.1) is 0 Å². The lowest BCUT2D eigenvalue weighted by Crippen LogP contribution is -2.26. The van der Waals surface area contributed by atoms with Gasteiger partial charge in [0.15, 0.2) is 0 Å². The van der Waals surface area contributed by atoms with Crippen molar-refractivity contribution >= 4 is 28.7 Å². The maximum Gasteiger partial charge on any atom is 0.227 e. The van der Waals surface area contributed by atoms with Crippen LogP contribution >= 0.6 is 0 Å². The van der Waals surface area contributed by atoms with Gasteiger partial charge in [0.1, 0.15) is 11.9 Å². The van der Waals surface area contributed by atoms with E-state index in [2.05, 4.69) is 59.0 Å². The summed E-state index contributed by atoms with van der Waals surface area (Å²) in [5.74, 6) is 1.13. The number of carbonyl (C=O) groups excluding carboxylic acids is 1. The number of anilines is 4. The van der Waals surface area contributed by atoms with Gasteiger partial charge >= 0.3 is 0 Å². The Balaban J connectivity index is 1.60. The maximum atomic E-state index is 12.8. The zero-order valence-electron chi connectivity index (χ0n) is 18.1. The van der Waals surface area contributed by atoms with Crippen LogP contribution in [0.1, 0.15) is 51.3 Å². The fourth-order valence-corrected chi connectivity index (χ4v) is 4.49. The molecule has 2 aliphatic rings. The SMILES string of the molecule is CCN(CC)c1cc2c(cc1NC(=O)C1CCCC1)NC(c1ccc(OC)cc1)N2. The number of amides is 1. The van der Waals surface area contributed by atoms with Crippen molar-refractivity contribution in [3.05, 3.63) is 42.0 Å². The van der Waals surface area contributed by atoms with E-state index in [1.807, 2.05) is 12.1 Å². The van der Waals surface area contributed by atoms with Gasteiger partial charge < -0.3 is 25.6 Å². The minimum atomic E-state index is -0.0174. The molecule has 1 unspecified atom stereocenters. The summed E-state index contributed by atoms with van der Waals surface area (Å²) in [4.78, 5) is 15.1. The van der Waals surface area contributed by atoms with E-state index in [1.165, 1.54) is 0 Å². The highest BCUT2D eigenvalue weighted by molar-refractivity contribution is 5.99. The summed E-state index contributed by atoms with van der Waals surface area (Å²) in [6, 6.07) is 12.3. The summed E-state index contributed by atoms with van der Waals surface area (Å²) in [5.41, 5.74) is 5.15. The summed E-state index contributed by atoms with van der Waals surface area (Å²) in [7, 11) is 1.67. The molecule has 1 saturated carbocycles. The molecular weight excluding hydrogens is 376 g/mol. The smallest absolute Gasteiger partial charge is 0.227 e. The zero-order chi connectivity index (χ0) is 21.1. The zero-order valence-corrected chi connectivity index (χ0v) is 18.1. The molecule has 1 fully saturated rings. The quantitative estimate of drug-likeness (QED) is 0.587. The van der Waals surface area contributed by atoms with Gasteiger partial charge in [0, 0.05) is 19.0 Å². The second-order valence-electron chi connectivity index (χ2n) is 8.05. The highest BCUT2D eigenvalue weighted by Gasteiger charge is 2.27. The summed E-state index contributed by atoms with van der Waals surface area (Å²) >= 11 is 0. The van der Waals surface area contributed by atoms with Crippen LogP contribution in [0.3, 0.4) is 0 Å². The van der Waals surface area contributed by atoms with Crippen LogP contribution in [0, 0.1) is 5.92 Å². The van der Waals surface area contributed by atoms with Gasteiger partial charge in [0.05, 0.1) is 29.9 Å². The predicted octanol–water partition coefficient (Wildman–Crippen LogP) is 5.21. The Labute approximate surface area is 179 Å². The summed E-state index contributed by atoms with van der Waals surface area (Å²) in [5, 5.41) is 10.4. The average molecular weight is 409 g/mol. The third-order valence-electron chi connectivity index (χ3n) is 6.27. The number of fused-ring (bicyclic) bond motifs is 1. The topological polar surface area (TPSA) is 65.6 Å². The molecule has 0 radical (unpaired) electrons. The first-order valence-electron chi connectivity index (χ1n) is 11.0. The molecule has 4 rings (SSSR count). The van der Waals surface area contributed by atoms with E-state index in [0.29, 0.717) is 0 Å². The minimum Gasteiger partial charge on any atom is -0.497 e. The van der Waals surface area contributed by atoms with Crippen LogP contribution in [-0.4, -0.2) is 26.1 Å². The number of hydrogen-bond donors (Lipinski definition) is 3. The van der Waals surface area contributed by atoms with E-state index in [9.17, 15) is 4.79 Å². The highest BCUT2D eigenvalue weighted by atomic mass is 16.5. The lowest BCUT2D eigenvalue weighted by atomic mass is 10.1. The lowest BCUT2D eigenvalue weighted by Gasteiger charge is -2.25. The number of rotatable bonds is 7. The maximum absolute atomic E-state index is 12.8. The van der Waals surface area contributed by atoms with Crippen LogP contribution in [0.15, 0.2) is 36.4 Å². The van der Waals surface area contributed by atoms with Crippen molar-refractivity contribution in [2.75, 3.05) is 41.0 Å². The molecule has 1 aliphatic carbocycles. The molecule has 30 heavy (non-hydrogen) atoms. The molecule has 3 N–H and O–H groups in total. The van der Waals surface area contributed by atoms with Crippen molar-refractivity contribution in [1.82, 2.24) is 0 Å². The van der Waals surface area contributed by atoms with Gasteiger partial charge in [-0.2, -0.15) is 0 Å². The molecule has 160 valence electrons. The molecule has 2 aromatic carbocycles. The Morgan fingerprint density at radius 1 is 1.07 bits per heavy atom. The van der Waals surface area contributed by atoms with E-state index >= 15 is 0 Å². The molecule has 0 bridgehead atoms. The van der Waals surface area contributed by atoms with Crippen molar-refractivity contribution in [3.8, 4) is 5.75 Å². The minimum absolute atomic E-state index is 0.0174. The molecule has 1 atom stereocenters. The van der Waals surface area contributed by atoms with Crippen molar-refractivity contribution < 1.29 is 9.53 Å². The van der Waals surface area contributed by atoms with Crippen LogP contribution in [0.2, 0.25) is 0 Å². The summed E-state index contributed by atoms with van der Waals surface area (Å²) in [6.07, 6.45) is 4.28. The van der Waals surface area contributed by atoms with Gasteiger partial charge in [0.2, 0.25) is 5.91 Å². The van der Waals surface area contributed by atoms with Gasteiger partial charge in [-0.1, -0.05) is 25.0 Å². The number of benzene rings is 2. The molecule has 1 aliphatic heterocycles. The third-order valence-corrected chi connectivity index (χ3v) is 6.27. The number of carbonyl (C=O) groups is 1. The summed E-state index contributed by atoms with van der Waals surface area (Å²) in [6.45, 7) is 6.06. The van der Waals surface area contributed by atoms with Crippen LogP contribution < -0.4 is 25.6 Å². The first-order valence-corrected chi connectivity index (χ1v) is 11.0. The van der Waals surface area contributed by atoms with Gasteiger partial charge in [0.25, 0.3) is 0 Å². The van der Waals surface area contributed by atoms with Gasteiger partial charge in [-0.3, -0.25) is 4.79 Å². The van der Waals surface area contributed by atoms with E-state index in [1.54, 1.807) is 7.11 Å². The molecule has 0 spiro atoms. The van der Waals surface area contributed by atoms with Crippen molar-refractivity contribution in [3.63, 3.8) is 0 Å². The third kappa shape index (κ3) is 4.04. The van der Waals surface area contributed by atoms with E-state index < -0.39 is 0 Å². The number of ether oxygens (including phenoxy) is 1. The average Bonchev–Trinajstić information content (AvgIpc) is 3.44. The van der Waals surface area contributed by atoms with Crippen molar-refractivity contribution in [2.24, 2.45) is 5.92 Å². The molecule has 1 amide bonds. The second-order valence-corrected chi connectivity index (χ2v) is 8.05. The van der Waals surface area contributed by atoms with E-state index in [-0.39, 0.29) is 18.0 Å². The van der Waals surface area contributed by atoms with Crippen LogP contribution in [-0.2, 0) is 4.79 Å². The Morgan fingerprint density at radius 3 is 2.30 bits per heavy atom. The van der Waals surface area contributed by atoms with Gasteiger partial charge in [-0.05, 0) is 56.5 Å². The van der Waals surface area contributed by atoms with E-state index in [4.69, 9.17) is 4.74 Å². The van der Waals surface area contributed by atoms with Crippen LogP contribution in [0.5, 0.6) is 5.75 Å². The highest BCUT2D eigenvalue weighted by Crippen LogP contribution is 2.42. The summed E-state index contributed by atoms with van der Waals surface area (Å²) < 4.78 is 5.27. The number of hydrogen-bond acceptors (Lipinski definition) is 5. The molecule has 2 aromatic rings. The Bertz CT molecular complexity index is 887. The van der Waals surface area contributed by atoms with Gasteiger partial charge in [-0.25, -0.2) is 0 Å². The number of nitrogens with one attached hydrogen (secondary N) is 3. The number of nitrogens with zero attached hydrogens (tertiary/aromatic N) is 1. The van der Waals surface area contributed by atoms with Crippen molar-refractivity contribution in [2.45, 2.75) is 45.7 Å². The Morgan fingerprint density at radius 2 is 1.70 bits per heavy atom. The Hall–Kier alpha value is -2.89. The van der Waals surface area contributed by atoms with E-state index in [0.717, 1.165) is 72.8 Å². The first-order chi connectivity index (χ1) is 14.6. The molecule has 0 aromatic heterocycles. The lowest BCUT2D eigenvalue weighted by molar-refractivity contribution is -0.119. The molecular formula is C24H32N4O2. The second kappa shape index (κ2) is 8.86. The monoisotopic (exact) mass is 408 g/mol. The fraction of sp³-hybridized carbons (Fsp3) is 0.458. The van der Waals surface area contributed by atoms with Crippen LogP contribution in [0.4, 0.5) is 22.7 Å². The molecule has 0 saturated heterocycles. The van der Waals surface area contributed by atoms with Crippen LogP contribution in [0.25, 0.3) is 0 Å². The molecule has 6 heteroatoms. The fourth-order valence-electron chi connectivity index (χ4n) is 4.49. The molecule has 6 nitrogen and oxygen atoms in total. The van der Waals surface area contributed by atoms with Crippen molar-refractivity contribution in [1.29, 1.82) is 0 Å². The standard InChI is InChI=1S/C24H32N4O2/c1-4-28(5-2)22-15-20-19(14-21(22)27-24(29)17-8-6-7-9-17)25-23(26-20)16-10-12-18(30-3)13-11-16/h10-15,17,23,25-26H,4-9H2,1-3H3,(H,27,29). The Kier molecular flexibility index (Phi) is 6.02. The molecule has 1 heterocycles. The normalized spacial score (nSPS) is 17.8. The largest absolute Gasteiger partial charge is 0.497 e. The predicted molar refractivity (Wildman–Crippen MR) is 124 cm³/mol. The first kappa shape index (κ1) is 20.4.